The molecule has 0 aliphatic heterocycles. The van der Waals surface area contributed by atoms with E-state index in [-0.39, 0.29) is 5.78 Å². The molecular formula is C17H10BrClO. The van der Waals surface area contributed by atoms with E-state index in [0.29, 0.717) is 16.1 Å². The summed E-state index contributed by atoms with van der Waals surface area (Å²) in [5.41, 5.74) is 1.27. The van der Waals surface area contributed by atoms with E-state index in [1.54, 1.807) is 24.3 Å². The predicted molar refractivity (Wildman–Crippen MR) is 86.5 cm³/mol. The second-order valence-corrected chi connectivity index (χ2v) is 5.90. The SMILES string of the molecule is O=C(c1cccc(Cl)c1)c1ccc2cc(Br)ccc2c1. The van der Waals surface area contributed by atoms with Gasteiger partial charge in [-0.1, -0.05) is 57.9 Å². The molecule has 20 heavy (non-hydrogen) atoms. The summed E-state index contributed by atoms with van der Waals surface area (Å²) in [4.78, 5) is 12.4. The van der Waals surface area contributed by atoms with Crippen molar-refractivity contribution >= 4 is 44.1 Å². The van der Waals surface area contributed by atoms with Gasteiger partial charge in [0.25, 0.3) is 0 Å². The molecule has 0 saturated heterocycles. The topological polar surface area (TPSA) is 17.1 Å². The maximum absolute atomic E-state index is 12.4. The Hall–Kier alpha value is -1.64. The number of fused-ring (bicyclic) bond motifs is 1. The fourth-order valence-corrected chi connectivity index (χ4v) is 2.72. The fourth-order valence-electron chi connectivity index (χ4n) is 2.15. The number of hydrogen-bond donors (Lipinski definition) is 0. The Morgan fingerprint density at radius 2 is 1.55 bits per heavy atom. The molecule has 3 aromatic rings. The van der Waals surface area contributed by atoms with E-state index in [1.807, 2.05) is 36.4 Å². The third-order valence-electron chi connectivity index (χ3n) is 3.15. The van der Waals surface area contributed by atoms with E-state index in [4.69, 9.17) is 11.6 Å². The van der Waals surface area contributed by atoms with E-state index >= 15 is 0 Å². The second-order valence-electron chi connectivity index (χ2n) is 4.55. The van der Waals surface area contributed by atoms with E-state index in [9.17, 15) is 4.79 Å². The quantitative estimate of drug-likeness (QED) is 0.562. The van der Waals surface area contributed by atoms with Gasteiger partial charge in [0.1, 0.15) is 0 Å². The lowest BCUT2D eigenvalue weighted by Crippen LogP contribution is -2.00. The lowest BCUT2D eigenvalue weighted by Gasteiger charge is -2.04. The average Bonchev–Trinajstić information content (AvgIpc) is 2.46. The van der Waals surface area contributed by atoms with Crippen molar-refractivity contribution in [2.24, 2.45) is 0 Å². The van der Waals surface area contributed by atoms with Crippen molar-refractivity contribution < 1.29 is 4.79 Å². The van der Waals surface area contributed by atoms with Gasteiger partial charge in [0, 0.05) is 20.6 Å². The highest BCUT2D eigenvalue weighted by Crippen LogP contribution is 2.22. The number of carbonyl (C=O) groups excluding carboxylic acids is 1. The van der Waals surface area contributed by atoms with Crippen LogP contribution >= 0.6 is 27.5 Å². The van der Waals surface area contributed by atoms with Crippen LogP contribution in [-0.2, 0) is 0 Å². The van der Waals surface area contributed by atoms with Crippen molar-refractivity contribution in [3.05, 3.63) is 81.3 Å². The molecule has 3 aromatic carbocycles. The summed E-state index contributed by atoms with van der Waals surface area (Å²) < 4.78 is 1.03. The summed E-state index contributed by atoms with van der Waals surface area (Å²) in [7, 11) is 0. The monoisotopic (exact) mass is 344 g/mol. The molecule has 0 spiro atoms. The van der Waals surface area contributed by atoms with Crippen LogP contribution in [0, 0.1) is 0 Å². The maximum Gasteiger partial charge on any atom is 0.193 e. The largest absolute Gasteiger partial charge is 0.289 e. The van der Waals surface area contributed by atoms with Gasteiger partial charge >= 0.3 is 0 Å². The first-order valence-electron chi connectivity index (χ1n) is 6.13. The molecule has 0 unspecified atom stereocenters. The minimum atomic E-state index is -0.0164. The number of hydrogen-bond acceptors (Lipinski definition) is 1. The van der Waals surface area contributed by atoms with Gasteiger partial charge in [-0.05, 0) is 41.1 Å². The molecule has 0 atom stereocenters. The van der Waals surface area contributed by atoms with Crippen LogP contribution in [0.15, 0.2) is 65.1 Å². The van der Waals surface area contributed by atoms with Crippen LogP contribution in [0.2, 0.25) is 5.02 Å². The van der Waals surface area contributed by atoms with Crippen LogP contribution in [0.25, 0.3) is 10.8 Å². The predicted octanol–water partition coefficient (Wildman–Crippen LogP) is 5.49. The van der Waals surface area contributed by atoms with Gasteiger partial charge in [0.05, 0.1) is 0 Å². The molecule has 98 valence electrons. The van der Waals surface area contributed by atoms with Crippen molar-refractivity contribution in [1.29, 1.82) is 0 Å². The Morgan fingerprint density at radius 1 is 0.850 bits per heavy atom. The van der Waals surface area contributed by atoms with Gasteiger partial charge in [-0.15, -0.1) is 0 Å². The van der Waals surface area contributed by atoms with Crippen molar-refractivity contribution in [3.63, 3.8) is 0 Å². The number of ketones is 1. The highest BCUT2D eigenvalue weighted by molar-refractivity contribution is 9.10. The Balaban J connectivity index is 2.06. The van der Waals surface area contributed by atoms with Gasteiger partial charge in [0.15, 0.2) is 5.78 Å². The first-order chi connectivity index (χ1) is 9.63. The molecule has 1 nitrogen and oxygen atoms in total. The summed E-state index contributed by atoms with van der Waals surface area (Å²) in [5, 5.41) is 2.71. The number of carbonyl (C=O) groups is 1. The minimum Gasteiger partial charge on any atom is -0.289 e. The number of rotatable bonds is 2. The third kappa shape index (κ3) is 2.62. The lowest BCUT2D eigenvalue weighted by atomic mass is 10.00. The van der Waals surface area contributed by atoms with Gasteiger partial charge in [0.2, 0.25) is 0 Å². The Bertz CT molecular complexity index is 811. The van der Waals surface area contributed by atoms with Crippen molar-refractivity contribution in [3.8, 4) is 0 Å². The summed E-state index contributed by atoms with van der Waals surface area (Å²) in [6, 6.07) is 18.7. The smallest absolute Gasteiger partial charge is 0.193 e. The Morgan fingerprint density at radius 3 is 2.35 bits per heavy atom. The van der Waals surface area contributed by atoms with Gasteiger partial charge in [-0.2, -0.15) is 0 Å². The molecule has 0 bridgehead atoms. The van der Waals surface area contributed by atoms with Crippen molar-refractivity contribution in [1.82, 2.24) is 0 Å². The van der Waals surface area contributed by atoms with E-state index < -0.39 is 0 Å². The molecule has 0 saturated carbocycles. The third-order valence-corrected chi connectivity index (χ3v) is 3.88. The molecule has 3 rings (SSSR count). The molecular weight excluding hydrogens is 336 g/mol. The Kier molecular flexibility index (Phi) is 3.60. The molecule has 0 radical (unpaired) electrons. The highest BCUT2D eigenvalue weighted by atomic mass is 79.9. The minimum absolute atomic E-state index is 0.0164. The molecule has 0 aromatic heterocycles. The molecule has 3 heteroatoms. The van der Waals surface area contributed by atoms with Crippen LogP contribution < -0.4 is 0 Å². The molecule has 0 amide bonds. The number of halogens is 2. The zero-order valence-corrected chi connectivity index (χ0v) is 12.8. The highest BCUT2D eigenvalue weighted by Gasteiger charge is 2.10. The van der Waals surface area contributed by atoms with Crippen LogP contribution in [0.5, 0.6) is 0 Å². The summed E-state index contributed by atoms with van der Waals surface area (Å²) >= 11 is 9.37. The number of benzene rings is 3. The van der Waals surface area contributed by atoms with Crippen LogP contribution in [-0.4, -0.2) is 5.78 Å². The zero-order chi connectivity index (χ0) is 14.1. The summed E-state index contributed by atoms with van der Waals surface area (Å²) in [6.45, 7) is 0. The molecule has 0 aliphatic rings. The first kappa shape index (κ1) is 13.3. The normalized spacial score (nSPS) is 10.7. The lowest BCUT2D eigenvalue weighted by molar-refractivity contribution is 0.103. The van der Waals surface area contributed by atoms with Gasteiger partial charge in [-0.3, -0.25) is 4.79 Å². The molecule has 0 fully saturated rings. The van der Waals surface area contributed by atoms with Crippen molar-refractivity contribution in [2.45, 2.75) is 0 Å². The van der Waals surface area contributed by atoms with E-state index in [1.165, 1.54) is 0 Å². The molecule has 0 N–H and O–H groups in total. The standard InChI is InChI=1S/C17H10BrClO/c18-15-7-6-11-8-14(5-4-12(11)9-15)17(20)13-2-1-3-16(19)10-13/h1-10H. The molecule has 0 aliphatic carbocycles. The first-order valence-corrected chi connectivity index (χ1v) is 7.30. The van der Waals surface area contributed by atoms with Gasteiger partial charge < -0.3 is 0 Å². The average molecular weight is 346 g/mol. The van der Waals surface area contributed by atoms with Crippen LogP contribution in [0.4, 0.5) is 0 Å². The van der Waals surface area contributed by atoms with Crippen LogP contribution in [0.3, 0.4) is 0 Å². The molecule has 0 heterocycles. The Labute approximate surface area is 130 Å². The fraction of sp³-hybridized carbons (Fsp3) is 0. The van der Waals surface area contributed by atoms with E-state index in [0.717, 1.165) is 15.2 Å². The van der Waals surface area contributed by atoms with E-state index in [2.05, 4.69) is 15.9 Å². The van der Waals surface area contributed by atoms with Gasteiger partial charge in [-0.25, -0.2) is 0 Å². The maximum atomic E-state index is 12.4. The zero-order valence-electron chi connectivity index (χ0n) is 10.4. The van der Waals surface area contributed by atoms with Crippen LogP contribution in [0.1, 0.15) is 15.9 Å². The van der Waals surface area contributed by atoms with Crippen molar-refractivity contribution in [2.75, 3.05) is 0 Å². The summed E-state index contributed by atoms with van der Waals surface area (Å²) in [5.74, 6) is -0.0164. The summed E-state index contributed by atoms with van der Waals surface area (Å²) in [6.07, 6.45) is 0. The second kappa shape index (κ2) is 5.39.